The van der Waals surface area contributed by atoms with Gasteiger partial charge in [-0.2, -0.15) is 0 Å². The standard InChI is InChI=1S/C9H14Cl2O3/c1-8(2,6(10)12)5-9(3,4)14-7(11)13/h5H2,1-4H3. The second kappa shape index (κ2) is 4.49. The lowest BCUT2D eigenvalue weighted by Gasteiger charge is -2.31. The number of carbonyl (C=O) groups excluding carboxylic acids is 2. The third kappa shape index (κ3) is 4.82. The van der Waals surface area contributed by atoms with E-state index in [9.17, 15) is 9.59 Å². The lowest BCUT2D eigenvalue weighted by Crippen LogP contribution is -2.35. The van der Waals surface area contributed by atoms with Gasteiger partial charge in [-0.1, -0.05) is 13.8 Å². The lowest BCUT2D eigenvalue weighted by atomic mass is 9.83. The van der Waals surface area contributed by atoms with Crippen molar-refractivity contribution in [3.8, 4) is 0 Å². The highest BCUT2D eigenvalue weighted by Gasteiger charge is 2.35. The summed E-state index contributed by atoms with van der Waals surface area (Å²) in [5.74, 6) is 0. The number of halogens is 2. The van der Waals surface area contributed by atoms with Crippen LogP contribution in [0.1, 0.15) is 34.1 Å². The summed E-state index contributed by atoms with van der Waals surface area (Å²) in [6.45, 7) is 6.72. The maximum Gasteiger partial charge on any atom is 0.404 e. The number of hydrogen-bond acceptors (Lipinski definition) is 3. The molecule has 0 fully saturated rings. The summed E-state index contributed by atoms with van der Waals surface area (Å²) < 4.78 is 4.84. The predicted molar refractivity (Wildman–Crippen MR) is 55.7 cm³/mol. The second-order valence-corrected chi connectivity index (χ2v) is 5.09. The first-order valence-corrected chi connectivity index (χ1v) is 4.91. The molecule has 14 heavy (non-hydrogen) atoms. The maximum atomic E-state index is 11.0. The zero-order valence-electron chi connectivity index (χ0n) is 8.69. The monoisotopic (exact) mass is 240 g/mol. The van der Waals surface area contributed by atoms with Crippen LogP contribution in [0, 0.1) is 5.41 Å². The minimum Gasteiger partial charge on any atom is -0.448 e. The van der Waals surface area contributed by atoms with Gasteiger partial charge in [0.15, 0.2) is 0 Å². The minimum absolute atomic E-state index is 0.320. The molecule has 0 unspecified atom stereocenters. The molecule has 0 aliphatic carbocycles. The Labute approximate surface area is 93.7 Å². The molecule has 0 radical (unpaired) electrons. The molecule has 82 valence electrons. The van der Waals surface area contributed by atoms with Crippen molar-refractivity contribution < 1.29 is 14.3 Å². The van der Waals surface area contributed by atoms with Crippen molar-refractivity contribution in [2.45, 2.75) is 39.7 Å². The van der Waals surface area contributed by atoms with Crippen molar-refractivity contribution in [1.29, 1.82) is 0 Å². The maximum absolute atomic E-state index is 11.0. The summed E-state index contributed by atoms with van der Waals surface area (Å²) in [6, 6.07) is 0. The van der Waals surface area contributed by atoms with E-state index >= 15 is 0 Å². The first-order chi connectivity index (χ1) is 6.07. The average Bonchev–Trinajstić information content (AvgIpc) is 1.79. The largest absolute Gasteiger partial charge is 0.448 e. The van der Waals surface area contributed by atoms with Crippen molar-refractivity contribution in [1.82, 2.24) is 0 Å². The van der Waals surface area contributed by atoms with Crippen LogP contribution in [0.4, 0.5) is 4.79 Å². The number of ether oxygens (including phenoxy) is 1. The van der Waals surface area contributed by atoms with Gasteiger partial charge in [0.1, 0.15) is 5.60 Å². The third-order valence-electron chi connectivity index (χ3n) is 1.76. The normalized spacial score (nSPS) is 12.4. The van der Waals surface area contributed by atoms with Gasteiger partial charge in [0.25, 0.3) is 0 Å². The fraction of sp³-hybridized carbons (Fsp3) is 0.778. The number of rotatable bonds is 4. The predicted octanol–water partition coefficient (Wildman–Crippen LogP) is 3.32. The molecule has 0 amide bonds. The second-order valence-electron chi connectivity index (χ2n) is 4.43. The van der Waals surface area contributed by atoms with Crippen molar-refractivity contribution in [3.05, 3.63) is 0 Å². The summed E-state index contributed by atoms with van der Waals surface area (Å²) in [5.41, 5.74) is -2.42. The molecule has 0 aromatic heterocycles. The van der Waals surface area contributed by atoms with E-state index < -0.39 is 21.7 Å². The fourth-order valence-corrected chi connectivity index (χ4v) is 1.66. The topological polar surface area (TPSA) is 43.4 Å². The van der Waals surface area contributed by atoms with Crippen molar-refractivity contribution >= 4 is 33.9 Å². The van der Waals surface area contributed by atoms with E-state index in [0.717, 1.165) is 0 Å². The summed E-state index contributed by atoms with van der Waals surface area (Å²) >= 11 is 10.5. The van der Waals surface area contributed by atoms with Gasteiger partial charge < -0.3 is 4.74 Å². The van der Waals surface area contributed by atoms with Crippen LogP contribution in [0.25, 0.3) is 0 Å². The molecular formula is C9H14Cl2O3. The minimum atomic E-state index is -0.882. The van der Waals surface area contributed by atoms with Crippen LogP contribution in [0.3, 0.4) is 0 Å². The smallest absolute Gasteiger partial charge is 0.404 e. The van der Waals surface area contributed by atoms with Crippen molar-refractivity contribution in [2.24, 2.45) is 5.41 Å². The Bertz CT molecular complexity index is 246. The van der Waals surface area contributed by atoms with Crippen molar-refractivity contribution in [3.63, 3.8) is 0 Å². The van der Waals surface area contributed by atoms with Crippen LogP contribution in [0.2, 0.25) is 0 Å². The highest BCUT2D eigenvalue weighted by atomic mass is 35.5. The molecule has 0 aliphatic rings. The molecule has 0 aromatic carbocycles. The summed E-state index contributed by atoms with van der Waals surface area (Å²) in [7, 11) is 0. The molecule has 5 heteroatoms. The van der Waals surface area contributed by atoms with Gasteiger partial charge in [0.2, 0.25) is 5.24 Å². The van der Waals surface area contributed by atoms with E-state index in [4.69, 9.17) is 27.9 Å². The van der Waals surface area contributed by atoms with Gasteiger partial charge in [-0.15, -0.1) is 0 Å². The molecule has 0 bridgehead atoms. The van der Waals surface area contributed by atoms with E-state index in [2.05, 4.69) is 0 Å². The highest BCUT2D eigenvalue weighted by Crippen LogP contribution is 2.32. The molecule has 0 saturated carbocycles. The zero-order chi connectivity index (χ0) is 11.6. The molecule has 0 atom stereocenters. The summed E-state index contributed by atoms with van der Waals surface area (Å²) in [6.07, 6.45) is 0.320. The van der Waals surface area contributed by atoms with Gasteiger partial charge in [0.05, 0.1) is 0 Å². The quantitative estimate of drug-likeness (QED) is 0.709. The Morgan fingerprint density at radius 2 is 1.57 bits per heavy atom. The third-order valence-corrected chi connectivity index (χ3v) is 2.35. The van der Waals surface area contributed by atoms with Crippen LogP contribution < -0.4 is 0 Å². The molecule has 0 heterocycles. The average molecular weight is 241 g/mol. The molecule has 0 N–H and O–H groups in total. The first kappa shape index (κ1) is 13.7. The molecule has 0 aliphatic heterocycles. The zero-order valence-corrected chi connectivity index (χ0v) is 10.2. The Balaban J connectivity index is 4.49. The Morgan fingerprint density at radius 3 is 1.86 bits per heavy atom. The van der Waals surface area contributed by atoms with Gasteiger partial charge in [-0.05, 0) is 31.9 Å². The van der Waals surface area contributed by atoms with Crippen LogP contribution >= 0.6 is 23.2 Å². The van der Waals surface area contributed by atoms with Crippen LogP contribution in [0.15, 0.2) is 0 Å². The van der Waals surface area contributed by atoms with E-state index in [1.165, 1.54) is 0 Å². The van der Waals surface area contributed by atoms with Gasteiger partial charge in [-0.25, -0.2) is 4.79 Å². The summed E-state index contributed by atoms with van der Waals surface area (Å²) in [5, 5.41) is -0.462. The van der Waals surface area contributed by atoms with Crippen LogP contribution in [-0.2, 0) is 9.53 Å². The Kier molecular flexibility index (Phi) is 4.40. The van der Waals surface area contributed by atoms with E-state index in [0.29, 0.717) is 6.42 Å². The number of carbonyl (C=O) groups is 2. The molecular weight excluding hydrogens is 227 g/mol. The van der Waals surface area contributed by atoms with Crippen LogP contribution in [0.5, 0.6) is 0 Å². The highest BCUT2D eigenvalue weighted by molar-refractivity contribution is 6.64. The van der Waals surface area contributed by atoms with Crippen LogP contribution in [-0.4, -0.2) is 16.3 Å². The van der Waals surface area contributed by atoms with E-state index in [1.54, 1.807) is 27.7 Å². The van der Waals surface area contributed by atoms with E-state index in [-0.39, 0.29) is 0 Å². The Morgan fingerprint density at radius 1 is 1.14 bits per heavy atom. The van der Waals surface area contributed by atoms with Gasteiger partial charge >= 0.3 is 5.43 Å². The lowest BCUT2D eigenvalue weighted by molar-refractivity contribution is -0.121. The molecule has 0 saturated heterocycles. The molecule has 3 nitrogen and oxygen atoms in total. The van der Waals surface area contributed by atoms with Gasteiger partial charge in [-0.3, -0.25) is 4.79 Å². The SMILES string of the molecule is CC(C)(CC(C)(C)C(=O)Cl)OC(=O)Cl. The first-order valence-electron chi connectivity index (χ1n) is 4.15. The summed E-state index contributed by atoms with van der Waals surface area (Å²) in [4.78, 5) is 21.6. The number of hydrogen-bond donors (Lipinski definition) is 0. The molecule has 0 rings (SSSR count). The molecule has 0 aromatic rings. The van der Waals surface area contributed by atoms with Crippen molar-refractivity contribution in [2.75, 3.05) is 0 Å². The van der Waals surface area contributed by atoms with Gasteiger partial charge in [0, 0.05) is 17.0 Å². The Hall–Kier alpha value is -0.280. The van der Waals surface area contributed by atoms with E-state index in [1.807, 2.05) is 0 Å². The molecule has 0 spiro atoms. The fourth-order valence-electron chi connectivity index (χ4n) is 1.39.